The Labute approximate surface area is 110 Å². The maximum absolute atomic E-state index is 12.8. The van der Waals surface area contributed by atoms with Crippen molar-refractivity contribution in [2.45, 2.75) is 6.61 Å². The van der Waals surface area contributed by atoms with E-state index in [9.17, 15) is 4.39 Å². The Hall–Kier alpha value is -2.42. The van der Waals surface area contributed by atoms with Gasteiger partial charge in [0.05, 0.1) is 5.52 Å². The van der Waals surface area contributed by atoms with Crippen LogP contribution in [0.5, 0.6) is 5.75 Å². The maximum Gasteiger partial charge on any atom is 0.123 e. The SMILES string of the molecule is Fc1ccc(COc2ccc3cccnc3c2)cc1. The van der Waals surface area contributed by atoms with Gasteiger partial charge in [-0.15, -0.1) is 0 Å². The molecule has 1 heterocycles. The highest BCUT2D eigenvalue weighted by Crippen LogP contribution is 2.19. The zero-order valence-corrected chi connectivity index (χ0v) is 10.2. The Balaban J connectivity index is 1.76. The van der Waals surface area contributed by atoms with Crippen LogP contribution in [0.25, 0.3) is 10.9 Å². The fraction of sp³-hybridized carbons (Fsp3) is 0.0625. The molecule has 0 spiro atoms. The standard InChI is InChI=1S/C16H12FNO/c17-14-6-3-12(4-7-14)11-19-15-8-5-13-2-1-9-18-16(13)10-15/h1-10H,11H2. The van der Waals surface area contributed by atoms with Gasteiger partial charge in [0.1, 0.15) is 18.2 Å². The molecule has 2 nitrogen and oxygen atoms in total. The predicted octanol–water partition coefficient (Wildman–Crippen LogP) is 3.95. The van der Waals surface area contributed by atoms with Crippen LogP contribution in [-0.4, -0.2) is 4.98 Å². The molecule has 0 saturated carbocycles. The number of ether oxygens (including phenoxy) is 1. The fourth-order valence-electron chi connectivity index (χ4n) is 1.88. The van der Waals surface area contributed by atoms with Crippen LogP contribution in [-0.2, 0) is 6.61 Å². The molecule has 3 rings (SSSR count). The van der Waals surface area contributed by atoms with E-state index in [1.807, 2.05) is 30.3 Å². The van der Waals surface area contributed by atoms with Crippen LogP contribution in [0.3, 0.4) is 0 Å². The summed E-state index contributed by atoms with van der Waals surface area (Å²) in [4.78, 5) is 4.28. The van der Waals surface area contributed by atoms with E-state index in [0.29, 0.717) is 6.61 Å². The molecule has 0 radical (unpaired) electrons. The van der Waals surface area contributed by atoms with E-state index in [0.717, 1.165) is 22.2 Å². The first kappa shape index (κ1) is 11.7. The first-order valence-electron chi connectivity index (χ1n) is 6.03. The highest BCUT2D eigenvalue weighted by atomic mass is 19.1. The molecule has 0 fully saturated rings. The van der Waals surface area contributed by atoms with E-state index >= 15 is 0 Å². The largest absolute Gasteiger partial charge is 0.489 e. The zero-order chi connectivity index (χ0) is 13.1. The van der Waals surface area contributed by atoms with Crippen molar-refractivity contribution in [3.8, 4) is 5.75 Å². The number of rotatable bonds is 3. The van der Waals surface area contributed by atoms with Gasteiger partial charge in [-0.1, -0.05) is 18.2 Å². The van der Waals surface area contributed by atoms with Crippen molar-refractivity contribution in [3.05, 3.63) is 72.2 Å². The number of halogens is 1. The van der Waals surface area contributed by atoms with Crippen molar-refractivity contribution in [3.63, 3.8) is 0 Å². The lowest BCUT2D eigenvalue weighted by Gasteiger charge is -2.07. The summed E-state index contributed by atoms with van der Waals surface area (Å²) in [6, 6.07) is 16.0. The van der Waals surface area contributed by atoms with E-state index in [2.05, 4.69) is 4.98 Å². The molecule has 3 aromatic rings. The summed E-state index contributed by atoms with van der Waals surface area (Å²) in [6.07, 6.45) is 1.76. The molecule has 1 aromatic heterocycles. The van der Waals surface area contributed by atoms with Gasteiger partial charge in [0.2, 0.25) is 0 Å². The van der Waals surface area contributed by atoms with Gasteiger partial charge in [-0.2, -0.15) is 0 Å². The monoisotopic (exact) mass is 253 g/mol. The van der Waals surface area contributed by atoms with Crippen molar-refractivity contribution in [1.29, 1.82) is 0 Å². The molecule has 0 bridgehead atoms. The van der Waals surface area contributed by atoms with Crippen LogP contribution >= 0.6 is 0 Å². The van der Waals surface area contributed by atoms with E-state index in [-0.39, 0.29) is 5.82 Å². The van der Waals surface area contributed by atoms with Gasteiger partial charge in [0.15, 0.2) is 0 Å². The van der Waals surface area contributed by atoms with E-state index < -0.39 is 0 Å². The van der Waals surface area contributed by atoms with Crippen LogP contribution < -0.4 is 4.74 Å². The molecule has 0 unspecified atom stereocenters. The summed E-state index contributed by atoms with van der Waals surface area (Å²) in [5, 5.41) is 1.08. The Bertz CT molecular complexity index is 694. The number of pyridine rings is 1. The first-order valence-corrected chi connectivity index (χ1v) is 6.03. The van der Waals surface area contributed by atoms with E-state index in [4.69, 9.17) is 4.74 Å². The second-order valence-electron chi connectivity index (χ2n) is 4.27. The lowest BCUT2D eigenvalue weighted by molar-refractivity contribution is 0.306. The van der Waals surface area contributed by atoms with E-state index in [1.54, 1.807) is 18.3 Å². The van der Waals surface area contributed by atoms with Gasteiger partial charge in [-0.05, 0) is 35.9 Å². The molecule has 0 aliphatic rings. The number of fused-ring (bicyclic) bond motifs is 1. The van der Waals surface area contributed by atoms with Gasteiger partial charge in [0.25, 0.3) is 0 Å². The summed E-state index contributed by atoms with van der Waals surface area (Å²) < 4.78 is 18.5. The van der Waals surface area contributed by atoms with Crippen LogP contribution in [0.4, 0.5) is 4.39 Å². The molecule has 0 N–H and O–H groups in total. The highest BCUT2D eigenvalue weighted by molar-refractivity contribution is 5.79. The molecular formula is C16H12FNO. The summed E-state index contributed by atoms with van der Waals surface area (Å²) in [5.74, 6) is 0.522. The quantitative estimate of drug-likeness (QED) is 0.705. The predicted molar refractivity (Wildman–Crippen MR) is 72.5 cm³/mol. The lowest BCUT2D eigenvalue weighted by atomic mass is 10.2. The van der Waals surface area contributed by atoms with Gasteiger partial charge in [0, 0.05) is 17.6 Å². The van der Waals surface area contributed by atoms with Crippen LogP contribution in [0.1, 0.15) is 5.56 Å². The zero-order valence-electron chi connectivity index (χ0n) is 10.2. The molecule has 19 heavy (non-hydrogen) atoms. The average molecular weight is 253 g/mol. The second kappa shape index (κ2) is 5.06. The minimum Gasteiger partial charge on any atom is -0.489 e. The molecule has 0 atom stereocenters. The number of nitrogens with zero attached hydrogens (tertiary/aromatic N) is 1. The minimum absolute atomic E-state index is 0.237. The van der Waals surface area contributed by atoms with E-state index in [1.165, 1.54) is 12.1 Å². The third kappa shape index (κ3) is 2.71. The van der Waals surface area contributed by atoms with Crippen molar-refractivity contribution >= 4 is 10.9 Å². The summed E-state index contributed by atoms with van der Waals surface area (Å²) in [7, 11) is 0. The van der Waals surface area contributed by atoms with Crippen LogP contribution in [0.15, 0.2) is 60.8 Å². The molecule has 2 aromatic carbocycles. The van der Waals surface area contributed by atoms with Gasteiger partial charge in [-0.3, -0.25) is 4.98 Å². The first-order chi connectivity index (χ1) is 9.31. The third-order valence-electron chi connectivity index (χ3n) is 2.90. The molecule has 94 valence electrons. The summed E-state index contributed by atoms with van der Waals surface area (Å²) in [6.45, 7) is 0.415. The number of hydrogen-bond acceptors (Lipinski definition) is 2. The Morgan fingerprint density at radius 1 is 1.00 bits per heavy atom. The minimum atomic E-state index is -0.237. The normalized spacial score (nSPS) is 10.6. The number of benzene rings is 2. The molecule has 3 heteroatoms. The van der Waals surface area contributed by atoms with Crippen molar-refractivity contribution < 1.29 is 9.13 Å². The number of hydrogen-bond donors (Lipinski definition) is 0. The van der Waals surface area contributed by atoms with Gasteiger partial charge in [-0.25, -0.2) is 4.39 Å². The molecule has 0 aliphatic heterocycles. The van der Waals surface area contributed by atoms with Crippen LogP contribution in [0, 0.1) is 5.82 Å². The Kier molecular flexibility index (Phi) is 3.11. The second-order valence-corrected chi connectivity index (χ2v) is 4.27. The molecular weight excluding hydrogens is 241 g/mol. The highest BCUT2D eigenvalue weighted by Gasteiger charge is 1.99. The smallest absolute Gasteiger partial charge is 0.123 e. The lowest BCUT2D eigenvalue weighted by Crippen LogP contribution is -1.95. The third-order valence-corrected chi connectivity index (χ3v) is 2.90. The molecule has 0 aliphatic carbocycles. The van der Waals surface area contributed by atoms with Crippen molar-refractivity contribution in [2.75, 3.05) is 0 Å². The Morgan fingerprint density at radius 2 is 1.84 bits per heavy atom. The molecule has 0 amide bonds. The fourth-order valence-corrected chi connectivity index (χ4v) is 1.88. The Morgan fingerprint density at radius 3 is 2.68 bits per heavy atom. The summed E-state index contributed by atoms with van der Waals surface area (Å²) >= 11 is 0. The average Bonchev–Trinajstić information content (AvgIpc) is 2.46. The summed E-state index contributed by atoms with van der Waals surface area (Å²) in [5.41, 5.74) is 1.83. The van der Waals surface area contributed by atoms with Crippen LogP contribution in [0.2, 0.25) is 0 Å². The number of aromatic nitrogens is 1. The van der Waals surface area contributed by atoms with Crippen molar-refractivity contribution in [2.24, 2.45) is 0 Å². The molecule has 0 saturated heterocycles. The van der Waals surface area contributed by atoms with Crippen molar-refractivity contribution in [1.82, 2.24) is 4.98 Å². The van der Waals surface area contributed by atoms with Gasteiger partial charge < -0.3 is 4.74 Å². The van der Waals surface area contributed by atoms with Gasteiger partial charge >= 0.3 is 0 Å². The topological polar surface area (TPSA) is 22.1 Å². The maximum atomic E-state index is 12.8.